The van der Waals surface area contributed by atoms with Gasteiger partial charge >= 0.3 is 0 Å². The fourth-order valence-corrected chi connectivity index (χ4v) is 5.17. The number of aromatic nitrogens is 4. The Morgan fingerprint density at radius 2 is 2.12 bits per heavy atom. The van der Waals surface area contributed by atoms with E-state index in [1.54, 1.807) is 11.1 Å². The second-order valence-electron chi connectivity index (χ2n) is 8.89. The van der Waals surface area contributed by atoms with E-state index in [4.69, 9.17) is 4.74 Å². The van der Waals surface area contributed by atoms with Crippen molar-refractivity contribution in [3.63, 3.8) is 0 Å². The van der Waals surface area contributed by atoms with Gasteiger partial charge in [0.1, 0.15) is 16.3 Å². The Kier molecular flexibility index (Phi) is 6.22. The molecule has 3 aromatic heterocycles. The molecule has 178 valence electrons. The first-order valence-corrected chi connectivity index (χ1v) is 12.1. The summed E-state index contributed by atoms with van der Waals surface area (Å²) in [7, 11) is 0. The Balaban J connectivity index is 1.31. The number of carbonyl (C=O) groups excluding carboxylic acids is 2. The Morgan fingerprint density at radius 3 is 2.85 bits per heavy atom. The van der Waals surface area contributed by atoms with Crippen LogP contribution in [0.15, 0.2) is 18.5 Å². The molecule has 2 aliphatic rings. The van der Waals surface area contributed by atoms with Gasteiger partial charge in [-0.15, -0.1) is 11.3 Å². The number of anilines is 1. The second-order valence-corrected chi connectivity index (χ2v) is 10.1. The lowest BCUT2D eigenvalue weighted by molar-refractivity contribution is -0.124. The molecule has 0 radical (unpaired) electrons. The number of ketones is 1. The number of Topliss-reactive ketones (excluding diaryl/α,β-unsaturated/α-hetero) is 1. The zero-order chi connectivity index (χ0) is 23.8. The monoisotopic (exact) mass is 484 g/mol. The van der Waals surface area contributed by atoms with Crippen molar-refractivity contribution in [1.82, 2.24) is 24.8 Å². The molecule has 3 aromatic rings. The number of rotatable bonds is 7. The zero-order valence-electron chi connectivity index (χ0n) is 19.0. The van der Waals surface area contributed by atoms with Crippen LogP contribution < -0.4 is 5.32 Å². The molecule has 34 heavy (non-hydrogen) atoms. The lowest BCUT2D eigenvalue weighted by atomic mass is 9.89. The number of pyridine rings is 1. The van der Waals surface area contributed by atoms with E-state index in [9.17, 15) is 14.0 Å². The summed E-state index contributed by atoms with van der Waals surface area (Å²) in [6.07, 6.45) is 3.97. The van der Waals surface area contributed by atoms with Gasteiger partial charge in [-0.3, -0.25) is 14.6 Å². The van der Waals surface area contributed by atoms with Crippen LogP contribution in [0, 0.1) is 24.6 Å². The van der Waals surface area contributed by atoms with Crippen molar-refractivity contribution < 1.29 is 18.7 Å². The fourth-order valence-electron chi connectivity index (χ4n) is 4.33. The lowest BCUT2D eigenvalue weighted by Gasteiger charge is -2.39. The second kappa shape index (κ2) is 9.30. The van der Waals surface area contributed by atoms with Crippen molar-refractivity contribution in [3.8, 4) is 0 Å². The quantitative estimate of drug-likeness (QED) is 0.545. The normalized spacial score (nSPS) is 19.3. The first-order valence-electron chi connectivity index (χ1n) is 11.3. The molecular formula is C23H25FN6O3S. The number of aryl methyl sites for hydroxylation is 1. The molecule has 11 heteroatoms. The highest BCUT2D eigenvalue weighted by molar-refractivity contribution is 7.18. The number of carbonyl (C=O) groups is 2. The summed E-state index contributed by atoms with van der Waals surface area (Å²) < 4.78 is 19.5. The molecular weight excluding hydrogens is 459 g/mol. The van der Waals surface area contributed by atoms with Gasteiger partial charge < -0.3 is 15.0 Å². The smallest absolute Gasteiger partial charge is 0.274 e. The van der Waals surface area contributed by atoms with Crippen LogP contribution in [-0.2, 0) is 9.53 Å². The van der Waals surface area contributed by atoms with Crippen LogP contribution in [0.4, 0.5) is 10.3 Å². The van der Waals surface area contributed by atoms with Crippen molar-refractivity contribution in [2.75, 3.05) is 31.6 Å². The number of amides is 1. The Bertz CT molecular complexity index is 1240. The van der Waals surface area contributed by atoms with E-state index in [0.29, 0.717) is 48.6 Å². The highest BCUT2D eigenvalue weighted by Gasteiger charge is 2.36. The van der Waals surface area contributed by atoms with Crippen LogP contribution in [0.3, 0.4) is 0 Å². The third-order valence-corrected chi connectivity index (χ3v) is 7.22. The molecule has 2 aliphatic heterocycles. The maximum Gasteiger partial charge on any atom is 0.274 e. The maximum absolute atomic E-state index is 13.6. The number of halogens is 1. The van der Waals surface area contributed by atoms with Gasteiger partial charge in [0.05, 0.1) is 23.9 Å². The number of thiazole rings is 1. The average Bonchev–Trinajstić information content (AvgIpc) is 3.44. The summed E-state index contributed by atoms with van der Waals surface area (Å²) in [6, 6.07) is 1.06. The molecule has 1 amide bonds. The molecule has 9 nitrogen and oxygen atoms in total. The topological polar surface area (TPSA) is 110 Å². The lowest BCUT2D eigenvalue weighted by Crippen LogP contribution is -2.51. The van der Waals surface area contributed by atoms with E-state index in [2.05, 4.69) is 25.3 Å². The summed E-state index contributed by atoms with van der Waals surface area (Å²) in [6.45, 7) is 5.90. The van der Waals surface area contributed by atoms with Crippen LogP contribution in [0.1, 0.15) is 46.9 Å². The van der Waals surface area contributed by atoms with Gasteiger partial charge in [-0.2, -0.15) is 4.98 Å². The van der Waals surface area contributed by atoms with Gasteiger partial charge in [-0.1, -0.05) is 0 Å². The van der Waals surface area contributed by atoms with E-state index in [1.807, 2.05) is 13.8 Å². The predicted molar refractivity (Wildman–Crippen MR) is 124 cm³/mol. The van der Waals surface area contributed by atoms with Crippen LogP contribution in [0.25, 0.3) is 10.3 Å². The molecule has 0 aliphatic carbocycles. The van der Waals surface area contributed by atoms with E-state index in [0.717, 1.165) is 17.6 Å². The standard InChI is InChI=1S/C23H25FN6O3S/c1-12(16-6-17(24)8-25-7-16)26-23-28-19(20-21(29-23)27-13(2)34-20)22(32)30-9-14(10-30)5-18(31)15-3-4-33-11-15/h6-8,12,14-15H,3-5,9-11H2,1-2H3,(H,26,28,29)/t12-,15?/m0/s1. The molecule has 2 saturated heterocycles. The number of hydrogen-bond acceptors (Lipinski definition) is 9. The molecule has 5 heterocycles. The zero-order valence-corrected chi connectivity index (χ0v) is 19.8. The van der Waals surface area contributed by atoms with Gasteiger partial charge in [-0.05, 0) is 31.9 Å². The Hall–Kier alpha value is -3.05. The average molecular weight is 485 g/mol. The number of nitrogens with one attached hydrogen (secondary N) is 1. The molecule has 0 saturated carbocycles. The van der Waals surface area contributed by atoms with Crippen molar-refractivity contribution in [1.29, 1.82) is 0 Å². The van der Waals surface area contributed by atoms with Crippen molar-refractivity contribution in [2.45, 2.75) is 32.7 Å². The molecule has 1 unspecified atom stereocenters. The van der Waals surface area contributed by atoms with E-state index in [1.165, 1.54) is 17.4 Å². The molecule has 2 atom stereocenters. The van der Waals surface area contributed by atoms with E-state index >= 15 is 0 Å². The number of fused-ring (bicyclic) bond motifs is 1. The van der Waals surface area contributed by atoms with Gasteiger partial charge in [0.2, 0.25) is 5.95 Å². The number of hydrogen-bond donors (Lipinski definition) is 1. The minimum atomic E-state index is -0.431. The molecule has 2 fully saturated rings. The number of nitrogens with zero attached hydrogens (tertiary/aromatic N) is 5. The summed E-state index contributed by atoms with van der Waals surface area (Å²) >= 11 is 1.37. The summed E-state index contributed by atoms with van der Waals surface area (Å²) in [4.78, 5) is 44.7. The SMILES string of the molecule is Cc1nc2nc(N[C@@H](C)c3cncc(F)c3)nc(C(=O)N3CC(CC(=O)C4CCOC4)C3)c2s1. The van der Waals surface area contributed by atoms with Gasteiger partial charge in [-0.25, -0.2) is 14.4 Å². The van der Waals surface area contributed by atoms with E-state index in [-0.39, 0.29) is 41.2 Å². The minimum absolute atomic E-state index is 0.00433. The van der Waals surface area contributed by atoms with Crippen LogP contribution >= 0.6 is 11.3 Å². The fraction of sp³-hybridized carbons (Fsp3) is 0.478. The minimum Gasteiger partial charge on any atom is -0.381 e. The predicted octanol–water partition coefficient (Wildman–Crippen LogP) is 3.17. The first kappa shape index (κ1) is 22.7. The molecule has 0 spiro atoms. The van der Waals surface area contributed by atoms with Crippen molar-refractivity contribution in [2.24, 2.45) is 11.8 Å². The summed E-state index contributed by atoms with van der Waals surface area (Å²) in [5, 5.41) is 3.91. The highest BCUT2D eigenvalue weighted by Crippen LogP contribution is 2.30. The van der Waals surface area contributed by atoms with Crippen LogP contribution in [0.5, 0.6) is 0 Å². The summed E-state index contributed by atoms with van der Waals surface area (Å²) in [5.74, 6) is -0.00586. The first-order chi connectivity index (χ1) is 16.4. The van der Waals surface area contributed by atoms with Crippen LogP contribution in [0.2, 0.25) is 0 Å². The highest BCUT2D eigenvalue weighted by atomic mass is 32.1. The molecule has 0 bridgehead atoms. The van der Waals surface area contributed by atoms with E-state index < -0.39 is 5.82 Å². The van der Waals surface area contributed by atoms with Crippen molar-refractivity contribution >= 4 is 39.3 Å². The molecule has 1 N–H and O–H groups in total. The molecule has 0 aromatic carbocycles. The van der Waals surface area contributed by atoms with Crippen molar-refractivity contribution in [3.05, 3.63) is 40.5 Å². The third-order valence-electron chi connectivity index (χ3n) is 6.25. The number of likely N-dealkylation sites (tertiary alicyclic amines) is 1. The Labute approximate surface area is 199 Å². The summed E-state index contributed by atoms with van der Waals surface area (Å²) in [5.41, 5.74) is 1.37. The largest absolute Gasteiger partial charge is 0.381 e. The Morgan fingerprint density at radius 1 is 1.29 bits per heavy atom. The van der Waals surface area contributed by atoms with Gasteiger partial charge in [0.15, 0.2) is 11.3 Å². The maximum atomic E-state index is 13.6. The molecule has 5 rings (SSSR count). The van der Waals surface area contributed by atoms with Gasteiger partial charge in [0.25, 0.3) is 5.91 Å². The van der Waals surface area contributed by atoms with Crippen LogP contribution in [-0.4, -0.2) is 62.8 Å². The third kappa shape index (κ3) is 4.62. The number of ether oxygens (including phenoxy) is 1. The van der Waals surface area contributed by atoms with Gasteiger partial charge in [0, 0.05) is 44.1 Å².